The first kappa shape index (κ1) is 14.4. The van der Waals surface area contributed by atoms with Gasteiger partial charge in [-0.3, -0.25) is 4.79 Å². The van der Waals surface area contributed by atoms with Crippen LogP contribution in [0.25, 0.3) is 6.08 Å². The largest absolute Gasteiger partial charge is 0.504 e. The van der Waals surface area contributed by atoms with Crippen LogP contribution in [0.4, 0.5) is 0 Å². The fourth-order valence-electron chi connectivity index (χ4n) is 2.10. The molecule has 0 unspecified atom stereocenters. The zero-order valence-electron chi connectivity index (χ0n) is 11.9. The van der Waals surface area contributed by atoms with Crippen LogP contribution < -0.4 is 4.74 Å². The van der Waals surface area contributed by atoms with Gasteiger partial charge in [0.1, 0.15) is 0 Å². The van der Waals surface area contributed by atoms with E-state index in [1.165, 1.54) is 7.11 Å². The normalized spacial score (nSPS) is 16.6. The summed E-state index contributed by atoms with van der Waals surface area (Å²) >= 11 is 0. The van der Waals surface area contributed by atoms with Gasteiger partial charge in [-0.05, 0) is 30.8 Å². The van der Waals surface area contributed by atoms with Crippen LogP contribution in [0.1, 0.15) is 5.56 Å². The number of carbonyl (C=O) groups is 1. The first-order chi connectivity index (χ1) is 9.60. The summed E-state index contributed by atoms with van der Waals surface area (Å²) in [6, 6.07) is 4.99. The SMILES string of the molecule is COc1cc(/C=C/C(=O)N2CCN(C)CC2)ccc1O. The minimum Gasteiger partial charge on any atom is -0.504 e. The van der Waals surface area contributed by atoms with E-state index in [0.29, 0.717) is 5.75 Å². The number of carbonyl (C=O) groups excluding carboxylic acids is 1. The molecule has 108 valence electrons. The Kier molecular flexibility index (Phi) is 4.63. The van der Waals surface area contributed by atoms with Crippen molar-refractivity contribution in [2.45, 2.75) is 0 Å². The Morgan fingerprint density at radius 2 is 2.00 bits per heavy atom. The number of benzene rings is 1. The number of methoxy groups -OCH3 is 1. The van der Waals surface area contributed by atoms with Crippen molar-refractivity contribution in [3.8, 4) is 11.5 Å². The third kappa shape index (κ3) is 3.51. The molecule has 1 aromatic rings. The van der Waals surface area contributed by atoms with Gasteiger partial charge in [0, 0.05) is 32.3 Å². The van der Waals surface area contributed by atoms with Gasteiger partial charge in [-0.1, -0.05) is 6.07 Å². The Hall–Kier alpha value is -2.01. The molecule has 0 saturated carbocycles. The third-order valence-electron chi connectivity index (χ3n) is 3.44. The van der Waals surface area contributed by atoms with Crippen molar-refractivity contribution in [2.75, 3.05) is 40.3 Å². The molecule has 1 aromatic carbocycles. The van der Waals surface area contributed by atoms with Crippen LogP contribution in [0.5, 0.6) is 11.5 Å². The lowest BCUT2D eigenvalue weighted by Gasteiger charge is -2.31. The number of piperazine rings is 1. The minimum absolute atomic E-state index is 0.0186. The number of likely N-dealkylation sites (N-methyl/N-ethyl adjacent to an activating group) is 1. The van der Waals surface area contributed by atoms with E-state index in [9.17, 15) is 9.90 Å². The topological polar surface area (TPSA) is 53.0 Å². The molecule has 0 spiro atoms. The van der Waals surface area contributed by atoms with Gasteiger partial charge < -0.3 is 19.6 Å². The lowest BCUT2D eigenvalue weighted by molar-refractivity contribution is -0.127. The number of hydrogen-bond donors (Lipinski definition) is 1. The second kappa shape index (κ2) is 6.43. The summed E-state index contributed by atoms with van der Waals surface area (Å²) in [5, 5.41) is 9.51. The highest BCUT2D eigenvalue weighted by atomic mass is 16.5. The predicted octanol–water partition coefficient (Wildman–Crippen LogP) is 1.19. The number of phenolic OH excluding ortho intramolecular Hbond substituents is 1. The quantitative estimate of drug-likeness (QED) is 0.843. The fraction of sp³-hybridized carbons (Fsp3) is 0.400. The Morgan fingerprint density at radius 1 is 1.30 bits per heavy atom. The number of aromatic hydroxyl groups is 1. The predicted molar refractivity (Wildman–Crippen MR) is 77.8 cm³/mol. The van der Waals surface area contributed by atoms with Crippen LogP contribution in [0.3, 0.4) is 0 Å². The molecule has 0 bridgehead atoms. The number of amides is 1. The van der Waals surface area contributed by atoms with E-state index < -0.39 is 0 Å². The molecule has 0 atom stereocenters. The smallest absolute Gasteiger partial charge is 0.246 e. The Balaban J connectivity index is 2.00. The second-order valence-corrected chi connectivity index (χ2v) is 4.89. The molecular weight excluding hydrogens is 256 g/mol. The first-order valence-corrected chi connectivity index (χ1v) is 6.62. The molecule has 0 radical (unpaired) electrons. The van der Waals surface area contributed by atoms with Gasteiger partial charge in [0.25, 0.3) is 0 Å². The molecule has 20 heavy (non-hydrogen) atoms. The van der Waals surface area contributed by atoms with Gasteiger partial charge in [-0.15, -0.1) is 0 Å². The molecule has 5 heteroatoms. The number of phenols is 1. The van der Waals surface area contributed by atoms with Crippen molar-refractivity contribution in [1.29, 1.82) is 0 Å². The van der Waals surface area contributed by atoms with Crippen LogP contribution in [0.2, 0.25) is 0 Å². The van der Waals surface area contributed by atoms with Gasteiger partial charge >= 0.3 is 0 Å². The molecular formula is C15H20N2O3. The van der Waals surface area contributed by atoms with Crippen LogP contribution >= 0.6 is 0 Å². The zero-order chi connectivity index (χ0) is 14.5. The van der Waals surface area contributed by atoms with E-state index in [2.05, 4.69) is 11.9 Å². The van der Waals surface area contributed by atoms with E-state index in [1.807, 2.05) is 4.90 Å². The molecule has 0 aromatic heterocycles. The van der Waals surface area contributed by atoms with E-state index in [1.54, 1.807) is 30.4 Å². The molecule has 1 fully saturated rings. The van der Waals surface area contributed by atoms with Crippen LogP contribution in [-0.4, -0.2) is 61.2 Å². The summed E-state index contributed by atoms with van der Waals surface area (Å²) in [5.41, 5.74) is 0.821. The molecule has 1 amide bonds. The lowest BCUT2D eigenvalue weighted by atomic mass is 10.2. The van der Waals surface area contributed by atoms with E-state index in [-0.39, 0.29) is 11.7 Å². The zero-order valence-corrected chi connectivity index (χ0v) is 11.9. The average Bonchev–Trinajstić information content (AvgIpc) is 2.46. The standard InChI is InChI=1S/C15H20N2O3/c1-16-7-9-17(10-8-16)15(19)6-4-12-3-5-13(18)14(11-12)20-2/h3-6,11,18H,7-10H2,1-2H3/b6-4+. The number of ether oxygens (including phenoxy) is 1. The molecule has 1 aliphatic heterocycles. The fourth-order valence-corrected chi connectivity index (χ4v) is 2.10. The summed E-state index contributed by atoms with van der Waals surface area (Å²) in [5.74, 6) is 0.513. The van der Waals surface area contributed by atoms with Gasteiger partial charge in [0.15, 0.2) is 11.5 Å². The van der Waals surface area contributed by atoms with E-state index in [0.717, 1.165) is 31.7 Å². The molecule has 0 aliphatic carbocycles. The van der Waals surface area contributed by atoms with Gasteiger partial charge in [0.2, 0.25) is 5.91 Å². The molecule has 1 heterocycles. The van der Waals surface area contributed by atoms with Gasteiger partial charge in [-0.25, -0.2) is 0 Å². The average molecular weight is 276 g/mol. The Bertz CT molecular complexity index is 506. The Labute approximate surface area is 119 Å². The summed E-state index contributed by atoms with van der Waals surface area (Å²) in [6.45, 7) is 3.34. The van der Waals surface area contributed by atoms with Gasteiger partial charge in [-0.2, -0.15) is 0 Å². The summed E-state index contributed by atoms with van der Waals surface area (Å²) < 4.78 is 5.04. The summed E-state index contributed by atoms with van der Waals surface area (Å²) in [7, 11) is 3.55. The van der Waals surface area contributed by atoms with Crippen LogP contribution in [-0.2, 0) is 4.79 Å². The first-order valence-electron chi connectivity index (χ1n) is 6.62. The van der Waals surface area contributed by atoms with Crippen molar-refractivity contribution in [2.24, 2.45) is 0 Å². The van der Waals surface area contributed by atoms with Crippen LogP contribution in [0, 0.1) is 0 Å². The molecule has 2 rings (SSSR count). The second-order valence-electron chi connectivity index (χ2n) is 4.89. The van der Waals surface area contributed by atoms with Gasteiger partial charge in [0.05, 0.1) is 7.11 Å². The number of hydrogen-bond acceptors (Lipinski definition) is 4. The monoisotopic (exact) mass is 276 g/mol. The number of nitrogens with zero attached hydrogens (tertiary/aromatic N) is 2. The number of rotatable bonds is 3. The summed E-state index contributed by atoms with van der Waals surface area (Å²) in [6.07, 6.45) is 3.31. The molecule has 1 saturated heterocycles. The maximum Gasteiger partial charge on any atom is 0.246 e. The van der Waals surface area contributed by atoms with Crippen molar-refractivity contribution < 1.29 is 14.6 Å². The highest BCUT2D eigenvalue weighted by Crippen LogP contribution is 2.26. The molecule has 1 aliphatic rings. The maximum atomic E-state index is 12.0. The summed E-state index contributed by atoms with van der Waals surface area (Å²) in [4.78, 5) is 16.1. The van der Waals surface area contributed by atoms with Crippen LogP contribution in [0.15, 0.2) is 24.3 Å². The Morgan fingerprint density at radius 3 is 2.65 bits per heavy atom. The van der Waals surface area contributed by atoms with Crippen molar-refractivity contribution in [3.05, 3.63) is 29.8 Å². The highest BCUT2D eigenvalue weighted by molar-refractivity contribution is 5.92. The van der Waals surface area contributed by atoms with Crippen molar-refractivity contribution in [3.63, 3.8) is 0 Å². The highest BCUT2D eigenvalue weighted by Gasteiger charge is 2.16. The maximum absolute atomic E-state index is 12.0. The van der Waals surface area contributed by atoms with E-state index >= 15 is 0 Å². The third-order valence-corrected chi connectivity index (χ3v) is 3.44. The molecule has 5 nitrogen and oxygen atoms in total. The minimum atomic E-state index is 0.0186. The van der Waals surface area contributed by atoms with E-state index in [4.69, 9.17) is 4.74 Å². The lowest BCUT2D eigenvalue weighted by Crippen LogP contribution is -2.46. The van der Waals surface area contributed by atoms with Crippen molar-refractivity contribution in [1.82, 2.24) is 9.80 Å². The van der Waals surface area contributed by atoms with Crippen molar-refractivity contribution >= 4 is 12.0 Å². The molecule has 1 N–H and O–H groups in total.